The first-order valence-electron chi connectivity index (χ1n) is 6.86. The first kappa shape index (κ1) is 18.0. The van der Waals surface area contributed by atoms with Gasteiger partial charge in [0.2, 0.25) is 11.8 Å². The maximum atomic E-state index is 14.0. The predicted octanol–water partition coefficient (Wildman–Crippen LogP) is 1.24. The Balaban J connectivity index is 2.91. The largest absolute Gasteiger partial charge is 0.347 e. The van der Waals surface area contributed by atoms with Crippen LogP contribution in [0.3, 0.4) is 0 Å². The van der Waals surface area contributed by atoms with Gasteiger partial charge in [-0.15, -0.1) is 0 Å². The quantitative estimate of drug-likeness (QED) is 0.765. The molecule has 4 N–H and O–H groups in total. The van der Waals surface area contributed by atoms with Gasteiger partial charge in [-0.2, -0.15) is 0 Å². The van der Waals surface area contributed by atoms with Crippen molar-refractivity contribution >= 4 is 11.8 Å². The summed E-state index contributed by atoms with van der Waals surface area (Å²) in [7, 11) is 0. The standard InChI is InChI=1S/C15H21F2N3O2/c1-15(2,3)14(10-5-4-9(16)6-11(10)17)20-13(22)8-19-12(21)7-18/h4-6,14H,7-8,18H2,1-3H3,(H,19,21)(H,20,22). The maximum absolute atomic E-state index is 14.0. The highest BCUT2D eigenvalue weighted by Gasteiger charge is 2.30. The molecule has 0 saturated carbocycles. The summed E-state index contributed by atoms with van der Waals surface area (Å²) in [4.78, 5) is 23.0. The average Bonchev–Trinajstić information content (AvgIpc) is 2.41. The van der Waals surface area contributed by atoms with Crippen LogP contribution in [0.2, 0.25) is 0 Å². The zero-order chi connectivity index (χ0) is 16.9. The normalized spacial score (nSPS) is 12.6. The lowest BCUT2D eigenvalue weighted by molar-refractivity contribution is -0.126. The molecule has 0 aromatic heterocycles. The van der Waals surface area contributed by atoms with E-state index in [2.05, 4.69) is 10.6 Å². The fourth-order valence-corrected chi connectivity index (χ4v) is 1.96. The molecule has 0 radical (unpaired) electrons. The van der Waals surface area contributed by atoms with Crippen molar-refractivity contribution in [3.05, 3.63) is 35.4 Å². The second kappa shape index (κ2) is 7.31. The molecular weight excluding hydrogens is 292 g/mol. The molecule has 1 unspecified atom stereocenters. The molecule has 0 saturated heterocycles. The highest BCUT2D eigenvalue weighted by molar-refractivity contribution is 5.85. The van der Waals surface area contributed by atoms with Gasteiger partial charge in [0.1, 0.15) is 11.6 Å². The van der Waals surface area contributed by atoms with Crippen LogP contribution in [0.5, 0.6) is 0 Å². The van der Waals surface area contributed by atoms with E-state index in [1.807, 2.05) is 20.8 Å². The second-order valence-electron chi connectivity index (χ2n) is 6.01. The van der Waals surface area contributed by atoms with Gasteiger partial charge in [-0.25, -0.2) is 8.78 Å². The summed E-state index contributed by atoms with van der Waals surface area (Å²) < 4.78 is 27.0. The average molecular weight is 313 g/mol. The molecule has 2 amide bonds. The van der Waals surface area contributed by atoms with E-state index in [9.17, 15) is 18.4 Å². The fraction of sp³-hybridized carbons (Fsp3) is 0.467. The van der Waals surface area contributed by atoms with Crippen molar-refractivity contribution in [2.75, 3.05) is 13.1 Å². The molecule has 0 aliphatic carbocycles. The Kier molecular flexibility index (Phi) is 5.99. The first-order valence-corrected chi connectivity index (χ1v) is 6.86. The van der Waals surface area contributed by atoms with Crippen LogP contribution in [0.15, 0.2) is 18.2 Å². The number of hydrogen-bond donors (Lipinski definition) is 3. The highest BCUT2D eigenvalue weighted by Crippen LogP contribution is 2.34. The molecule has 0 aliphatic rings. The monoisotopic (exact) mass is 313 g/mol. The van der Waals surface area contributed by atoms with Gasteiger partial charge >= 0.3 is 0 Å². The number of halogens is 2. The molecule has 0 spiro atoms. The first-order chi connectivity index (χ1) is 10.1. The zero-order valence-corrected chi connectivity index (χ0v) is 12.9. The third kappa shape index (κ3) is 5.07. The van der Waals surface area contributed by atoms with Crippen LogP contribution in [0.25, 0.3) is 0 Å². The molecule has 5 nitrogen and oxygen atoms in total. The number of nitrogens with two attached hydrogens (primary N) is 1. The van der Waals surface area contributed by atoms with Crippen LogP contribution < -0.4 is 16.4 Å². The molecule has 0 bridgehead atoms. The van der Waals surface area contributed by atoms with Gasteiger partial charge in [0.15, 0.2) is 0 Å². The van der Waals surface area contributed by atoms with E-state index in [-0.39, 0.29) is 18.7 Å². The van der Waals surface area contributed by atoms with E-state index in [1.165, 1.54) is 6.07 Å². The van der Waals surface area contributed by atoms with Crippen LogP contribution in [0.1, 0.15) is 32.4 Å². The molecule has 0 fully saturated rings. The van der Waals surface area contributed by atoms with Gasteiger partial charge in [-0.3, -0.25) is 9.59 Å². The van der Waals surface area contributed by atoms with E-state index in [1.54, 1.807) is 0 Å². The fourth-order valence-electron chi connectivity index (χ4n) is 1.96. The second-order valence-corrected chi connectivity index (χ2v) is 6.01. The molecule has 22 heavy (non-hydrogen) atoms. The van der Waals surface area contributed by atoms with Gasteiger partial charge in [0.25, 0.3) is 0 Å². The van der Waals surface area contributed by atoms with Gasteiger partial charge < -0.3 is 16.4 Å². The number of nitrogens with one attached hydrogen (secondary N) is 2. The summed E-state index contributed by atoms with van der Waals surface area (Å²) in [5.41, 5.74) is 4.80. The summed E-state index contributed by atoms with van der Waals surface area (Å²) in [5, 5.41) is 4.99. The van der Waals surface area contributed by atoms with E-state index in [4.69, 9.17) is 5.73 Å². The molecule has 1 aromatic carbocycles. The van der Waals surface area contributed by atoms with Crippen molar-refractivity contribution in [2.24, 2.45) is 11.1 Å². The lowest BCUT2D eigenvalue weighted by atomic mass is 9.82. The molecule has 1 atom stereocenters. The number of carbonyl (C=O) groups excluding carboxylic acids is 2. The van der Waals surface area contributed by atoms with Gasteiger partial charge in [-0.1, -0.05) is 26.8 Å². The van der Waals surface area contributed by atoms with Gasteiger partial charge in [0, 0.05) is 11.6 Å². The summed E-state index contributed by atoms with van der Waals surface area (Å²) in [6.45, 7) is 4.98. The minimum atomic E-state index is -0.730. The Morgan fingerprint density at radius 2 is 1.86 bits per heavy atom. The van der Waals surface area contributed by atoms with Crippen LogP contribution >= 0.6 is 0 Å². The predicted molar refractivity (Wildman–Crippen MR) is 78.8 cm³/mol. The van der Waals surface area contributed by atoms with Crippen LogP contribution in [0, 0.1) is 17.0 Å². The Morgan fingerprint density at radius 1 is 1.23 bits per heavy atom. The lowest BCUT2D eigenvalue weighted by Crippen LogP contribution is -2.43. The number of rotatable bonds is 5. The van der Waals surface area contributed by atoms with E-state index in [0.717, 1.165) is 12.1 Å². The third-order valence-electron chi connectivity index (χ3n) is 3.08. The minimum Gasteiger partial charge on any atom is -0.347 e. The molecule has 1 rings (SSSR count). The zero-order valence-electron chi connectivity index (χ0n) is 12.9. The van der Waals surface area contributed by atoms with E-state index >= 15 is 0 Å². The molecule has 7 heteroatoms. The SMILES string of the molecule is CC(C)(C)C(NC(=O)CNC(=O)CN)c1ccc(F)cc1F. The van der Waals surface area contributed by atoms with Gasteiger partial charge in [-0.05, 0) is 11.5 Å². The number of benzene rings is 1. The Hall–Kier alpha value is -2.02. The summed E-state index contributed by atoms with van der Waals surface area (Å²) >= 11 is 0. The van der Waals surface area contributed by atoms with Crippen LogP contribution in [-0.2, 0) is 9.59 Å². The minimum absolute atomic E-state index is 0.187. The Morgan fingerprint density at radius 3 is 2.36 bits per heavy atom. The highest BCUT2D eigenvalue weighted by atomic mass is 19.1. The number of hydrogen-bond acceptors (Lipinski definition) is 3. The van der Waals surface area contributed by atoms with Gasteiger partial charge in [0.05, 0.1) is 19.1 Å². The third-order valence-corrected chi connectivity index (χ3v) is 3.08. The van der Waals surface area contributed by atoms with Crippen molar-refractivity contribution in [1.82, 2.24) is 10.6 Å². The molecule has 0 aliphatic heterocycles. The summed E-state index contributed by atoms with van der Waals surface area (Å²) in [6, 6.07) is 2.55. The van der Waals surface area contributed by atoms with Crippen molar-refractivity contribution in [3.63, 3.8) is 0 Å². The number of carbonyl (C=O) groups is 2. The van der Waals surface area contributed by atoms with Crippen molar-refractivity contribution in [3.8, 4) is 0 Å². The lowest BCUT2D eigenvalue weighted by Gasteiger charge is -2.32. The maximum Gasteiger partial charge on any atom is 0.239 e. The van der Waals surface area contributed by atoms with E-state index in [0.29, 0.717) is 0 Å². The summed E-state index contributed by atoms with van der Waals surface area (Å²) in [6.07, 6.45) is 0. The topological polar surface area (TPSA) is 84.2 Å². The molecule has 122 valence electrons. The van der Waals surface area contributed by atoms with Crippen LogP contribution in [-0.4, -0.2) is 24.9 Å². The van der Waals surface area contributed by atoms with Crippen molar-refractivity contribution in [1.29, 1.82) is 0 Å². The van der Waals surface area contributed by atoms with Crippen LogP contribution in [0.4, 0.5) is 8.78 Å². The van der Waals surface area contributed by atoms with E-state index < -0.39 is 34.9 Å². The molecule has 1 aromatic rings. The Bertz CT molecular complexity index is 556. The molecular formula is C15H21F2N3O2. The van der Waals surface area contributed by atoms with Crippen molar-refractivity contribution < 1.29 is 18.4 Å². The molecule has 0 heterocycles. The summed E-state index contributed by atoms with van der Waals surface area (Å²) in [5.74, 6) is -2.36. The van der Waals surface area contributed by atoms with Crippen molar-refractivity contribution in [2.45, 2.75) is 26.8 Å². The Labute approximate surface area is 128 Å². The smallest absolute Gasteiger partial charge is 0.239 e. The number of amides is 2.